The van der Waals surface area contributed by atoms with Gasteiger partial charge in [-0.15, -0.1) is 0 Å². The monoisotopic (exact) mass is 463 g/mol. The summed E-state index contributed by atoms with van der Waals surface area (Å²) < 4.78 is 17.1. The highest BCUT2D eigenvalue weighted by Crippen LogP contribution is 2.31. The highest BCUT2D eigenvalue weighted by atomic mass is 16.5. The highest BCUT2D eigenvalue weighted by Gasteiger charge is 2.34. The molecule has 0 spiro atoms. The minimum Gasteiger partial charge on any atom is -0.477 e. The maximum atomic E-state index is 6.09. The fourth-order valence-electron chi connectivity index (χ4n) is 5.50. The molecule has 6 rings (SSSR count). The van der Waals surface area contributed by atoms with Crippen LogP contribution in [-0.4, -0.2) is 85.1 Å². The quantitative estimate of drug-likeness (QED) is 0.553. The number of pyridine rings is 1. The number of morpholine rings is 1. The third kappa shape index (κ3) is 4.76. The van der Waals surface area contributed by atoms with Crippen molar-refractivity contribution in [2.24, 2.45) is 5.92 Å². The van der Waals surface area contributed by atoms with Crippen molar-refractivity contribution in [3.05, 3.63) is 48.2 Å². The number of benzene rings is 1. The Morgan fingerprint density at radius 2 is 1.88 bits per heavy atom. The van der Waals surface area contributed by atoms with Gasteiger partial charge in [-0.25, -0.2) is 4.98 Å². The smallest absolute Gasteiger partial charge is 0.213 e. The summed E-state index contributed by atoms with van der Waals surface area (Å²) in [7, 11) is 0. The summed E-state index contributed by atoms with van der Waals surface area (Å²) in [6.07, 6.45) is 4.32. The fraction of sp³-hybridized carbons (Fsp3) is 0.538. The van der Waals surface area contributed by atoms with Gasteiger partial charge in [0, 0.05) is 70.0 Å². The van der Waals surface area contributed by atoms with Gasteiger partial charge in [0.05, 0.1) is 25.2 Å². The van der Waals surface area contributed by atoms with Gasteiger partial charge in [0.1, 0.15) is 0 Å². The third-order valence-electron chi connectivity index (χ3n) is 7.44. The summed E-state index contributed by atoms with van der Waals surface area (Å²) in [4.78, 5) is 12.0. The van der Waals surface area contributed by atoms with Crippen molar-refractivity contribution in [2.45, 2.75) is 25.4 Å². The van der Waals surface area contributed by atoms with Gasteiger partial charge in [0.15, 0.2) is 11.4 Å². The SMILES string of the molecule is c1ccc2c(N3CCN4C[C@H](COc5ccc(CN6CCOCC6)cn5)CC[C@@H]4C3)noc2c1. The minimum absolute atomic E-state index is 0.547. The van der Waals surface area contributed by atoms with Crippen molar-refractivity contribution < 1.29 is 14.0 Å². The van der Waals surface area contributed by atoms with E-state index in [-0.39, 0.29) is 0 Å². The largest absolute Gasteiger partial charge is 0.477 e. The maximum absolute atomic E-state index is 6.09. The molecular formula is C26H33N5O3. The number of hydrogen-bond donors (Lipinski definition) is 0. The summed E-state index contributed by atoms with van der Waals surface area (Å²) in [5, 5.41) is 5.48. The summed E-state index contributed by atoms with van der Waals surface area (Å²) in [6, 6.07) is 12.9. The normalized spacial score (nSPS) is 24.3. The molecule has 3 fully saturated rings. The molecule has 3 aliphatic heterocycles. The molecule has 8 heteroatoms. The number of nitrogens with zero attached hydrogens (tertiary/aromatic N) is 5. The minimum atomic E-state index is 0.547. The van der Waals surface area contributed by atoms with Crippen LogP contribution < -0.4 is 9.64 Å². The predicted octanol–water partition coefficient (Wildman–Crippen LogP) is 3.03. The second-order valence-corrected chi connectivity index (χ2v) is 9.74. The van der Waals surface area contributed by atoms with Crippen molar-refractivity contribution in [3.63, 3.8) is 0 Å². The maximum Gasteiger partial charge on any atom is 0.213 e. The van der Waals surface area contributed by atoms with E-state index in [1.54, 1.807) is 0 Å². The Hall–Kier alpha value is -2.68. The summed E-state index contributed by atoms with van der Waals surface area (Å²) in [5.41, 5.74) is 2.09. The van der Waals surface area contributed by atoms with Crippen LogP contribution in [0, 0.1) is 5.92 Å². The first-order valence-corrected chi connectivity index (χ1v) is 12.5. The van der Waals surface area contributed by atoms with Gasteiger partial charge in [0.25, 0.3) is 0 Å². The van der Waals surface area contributed by atoms with Crippen LogP contribution in [0.4, 0.5) is 5.82 Å². The first kappa shape index (κ1) is 21.8. The molecule has 180 valence electrons. The van der Waals surface area contributed by atoms with Crippen LogP contribution in [0.2, 0.25) is 0 Å². The van der Waals surface area contributed by atoms with Crippen molar-refractivity contribution in [3.8, 4) is 5.88 Å². The van der Waals surface area contributed by atoms with E-state index in [0.29, 0.717) is 12.0 Å². The molecule has 0 N–H and O–H groups in total. The number of ether oxygens (including phenoxy) is 2. The van der Waals surface area contributed by atoms with Crippen LogP contribution in [-0.2, 0) is 11.3 Å². The molecule has 3 saturated heterocycles. The molecule has 0 unspecified atom stereocenters. The van der Waals surface area contributed by atoms with E-state index in [1.165, 1.54) is 18.4 Å². The van der Waals surface area contributed by atoms with Crippen LogP contribution in [0.25, 0.3) is 11.0 Å². The second-order valence-electron chi connectivity index (χ2n) is 9.74. The Bertz CT molecular complexity index is 1080. The van der Waals surface area contributed by atoms with Crippen LogP contribution in [0.3, 0.4) is 0 Å². The van der Waals surface area contributed by atoms with Crippen molar-refractivity contribution >= 4 is 16.8 Å². The molecule has 0 bridgehead atoms. The third-order valence-corrected chi connectivity index (χ3v) is 7.44. The van der Waals surface area contributed by atoms with Gasteiger partial charge in [0.2, 0.25) is 5.88 Å². The van der Waals surface area contributed by atoms with E-state index >= 15 is 0 Å². The van der Waals surface area contributed by atoms with Crippen molar-refractivity contribution in [1.29, 1.82) is 0 Å². The average Bonchev–Trinajstić information content (AvgIpc) is 3.33. The molecular weight excluding hydrogens is 430 g/mol. The van der Waals surface area contributed by atoms with Crippen molar-refractivity contribution in [1.82, 2.24) is 19.9 Å². The zero-order chi connectivity index (χ0) is 22.7. The molecule has 1 aromatic carbocycles. The van der Waals surface area contributed by atoms with Crippen LogP contribution in [0.1, 0.15) is 18.4 Å². The summed E-state index contributed by atoms with van der Waals surface area (Å²) in [5.74, 6) is 2.27. The molecule has 0 saturated carbocycles. The number of para-hydroxylation sites is 1. The van der Waals surface area contributed by atoms with E-state index in [2.05, 4.69) is 43.0 Å². The first-order chi connectivity index (χ1) is 16.8. The van der Waals surface area contributed by atoms with Gasteiger partial charge in [-0.05, 0) is 30.5 Å². The lowest BCUT2D eigenvalue weighted by Crippen LogP contribution is -2.57. The Morgan fingerprint density at radius 1 is 0.971 bits per heavy atom. The lowest BCUT2D eigenvalue weighted by Gasteiger charge is -2.46. The Balaban J connectivity index is 0.987. The number of piperidine rings is 1. The molecule has 3 aromatic rings. The lowest BCUT2D eigenvalue weighted by atomic mass is 9.91. The Morgan fingerprint density at radius 3 is 2.76 bits per heavy atom. The van der Waals surface area contributed by atoms with Crippen LogP contribution in [0.15, 0.2) is 47.1 Å². The van der Waals surface area contributed by atoms with Gasteiger partial charge in [-0.3, -0.25) is 9.80 Å². The second kappa shape index (κ2) is 9.90. The lowest BCUT2D eigenvalue weighted by molar-refractivity contribution is 0.0341. The molecule has 3 aliphatic rings. The molecule has 34 heavy (non-hydrogen) atoms. The molecule has 0 aliphatic carbocycles. The van der Waals surface area contributed by atoms with E-state index in [1.807, 2.05) is 24.4 Å². The number of aromatic nitrogens is 2. The van der Waals surface area contributed by atoms with Crippen molar-refractivity contribution in [2.75, 3.05) is 64.0 Å². The van der Waals surface area contributed by atoms with Gasteiger partial charge in [-0.1, -0.05) is 23.4 Å². The zero-order valence-electron chi connectivity index (χ0n) is 19.6. The zero-order valence-corrected chi connectivity index (χ0v) is 19.6. The fourth-order valence-corrected chi connectivity index (χ4v) is 5.50. The van der Waals surface area contributed by atoms with E-state index in [4.69, 9.17) is 14.0 Å². The standard InChI is InChI=1S/C26H33N5O3/c1-2-4-24-23(3-1)26(28-34-24)31-10-9-30-17-21(5-7-22(30)18-31)19-33-25-8-6-20(15-27-25)16-29-11-13-32-14-12-29/h1-4,6,8,15,21-22H,5,7,9-14,16-19H2/t21-,22-/m1/s1. The molecule has 0 radical (unpaired) electrons. The molecule has 2 atom stereocenters. The molecule has 2 aromatic heterocycles. The Kier molecular flexibility index (Phi) is 6.35. The number of rotatable bonds is 6. The van der Waals surface area contributed by atoms with Gasteiger partial charge >= 0.3 is 0 Å². The predicted molar refractivity (Wildman–Crippen MR) is 130 cm³/mol. The van der Waals surface area contributed by atoms with Crippen LogP contribution in [0.5, 0.6) is 5.88 Å². The van der Waals surface area contributed by atoms with E-state index < -0.39 is 0 Å². The first-order valence-electron chi connectivity index (χ1n) is 12.5. The van der Waals surface area contributed by atoms with E-state index in [9.17, 15) is 0 Å². The number of anilines is 1. The summed E-state index contributed by atoms with van der Waals surface area (Å²) >= 11 is 0. The number of fused-ring (bicyclic) bond motifs is 2. The number of hydrogen-bond acceptors (Lipinski definition) is 8. The van der Waals surface area contributed by atoms with Crippen LogP contribution >= 0.6 is 0 Å². The summed E-state index contributed by atoms with van der Waals surface area (Å²) in [6.45, 7) is 9.42. The number of piperazine rings is 1. The van der Waals surface area contributed by atoms with Gasteiger partial charge < -0.3 is 18.9 Å². The highest BCUT2D eigenvalue weighted by molar-refractivity contribution is 5.88. The average molecular weight is 464 g/mol. The van der Waals surface area contributed by atoms with Gasteiger partial charge in [-0.2, -0.15) is 0 Å². The topological polar surface area (TPSA) is 67.1 Å². The molecule has 5 heterocycles. The molecule has 8 nitrogen and oxygen atoms in total. The Labute approximate surface area is 200 Å². The molecule has 0 amide bonds. The van der Waals surface area contributed by atoms with E-state index in [0.717, 1.165) is 88.3 Å².